The number of amides is 1. The average Bonchev–Trinajstić information content (AvgIpc) is 2.55. The number of benzene rings is 2. The van der Waals surface area contributed by atoms with Crippen LogP contribution in [0.1, 0.15) is 12.5 Å². The number of ether oxygens (including phenoxy) is 1. The van der Waals surface area contributed by atoms with Gasteiger partial charge in [0.05, 0.1) is 12.2 Å². The molecule has 0 saturated carbocycles. The van der Waals surface area contributed by atoms with Gasteiger partial charge in [-0.15, -0.1) is 0 Å². The summed E-state index contributed by atoms with van der Waals surface area (Å²) >= 11 is 0. The van der Waals surface area contributed by atoms with Crippen molar-refractivity contribution in [3.8, 4) is 5.75 Å². The summed E-state index contributed by atoms with van der Waals surface area (Å²) in [6.07, 6.45) is 0. The maximum absolute atomic E-state index is 13.2. The molecule has 25 heavy (non-hydrogen) atoms. The summed E-state index contributed by atoms with van der Waals surface area (Å²) in [5, 5.41) is 2.56. The van der Waals surface area contributed by atoms with Gasteiger partial charge < -0.3 is 10.1 Å². The first-order valence-corrected chi connectivity index (χ1v) is 7.78. The largest absolute Gasteiger partial charge is 0.433 e. The van der Waals surface area contributed by atoms with Gasteiger partial charge in [0, 0.05) is 6.54 Å². The maximum atomic E-state index is 13.2. The minimum atomic E-state index is -2.97. The molecule has 0 bridgehead atoms. The Balaban J connectivity index is 1.98. The molecule has 0 atom stereocenters. The van der Waals surface area contributed by atoms with Crippen LogP contribution in [0.5, 0.6) is 5.75 Å². The van der Waals surface area contributed by atoms with Gasteiger partial charge in [0.1, 0.15) is 11.6 Å². The fourth-order valence-electron chi connectivity index (χ4n) is 2.33. The van der Waals surface area contributed by atoms with Crippen LogP contribution in [0.25, 0.3) is 0 Å². The molecule has 0 spiro atoms. The third kappa shape index (κ3) is 6.11. The van der Waals surface area contributed by atoms with Crippen molar-refractivity contribution in [2.45, 2.75) is 20.1 Å². The second-order valence-corrected chi connectivity index (χ2v) is 5.36. The van der Waals surface area contributed by atoms with Crippen LogP contribution in [0.3, 0.4) is 0 Å². The van der Waals surface area contributed by atoms with Crippen LogP contribution >= 0.6 is 0 Å². The fraction of sp³-hybridized carbons (Fsp3) is 0.278. The minimum absolute atomic E-state index is 0.0377. The first-order valence-electron chi connectivity index (χ1n) is 7.78. The predicted octanol–water partition coefficient (Wildman–Crippen LogP) is 3.89. The van der Waals surface area contributed by atoms with Crippen molar-refractivity contribution in [1.29, 1.82) is 0 Å². The third-order valence-electron chi connectivity index (χ3n) is 3.49. The van der Waals surface area contributed by atoms with Gasteiger partial charge in [-0.05, 0) is 36.4 Å². The Morgan fingerprint density at radius 3 is 2.64 bits per heavy atom. The minimum Gasteiger partial charge on any atom is -0.433 e. The van der Waals surface area contributed by atoms with E-state index in [9.17, 15) is 18.0 Å². The number of nitrogens with one attached hydrogen (secondary N) is 1. The summed E-state index contributed by atoms with van der Waals surface area (Å²) in [5.41, 5.74) is 0.922. The van der Waals surface area contributed by atoms with E-state index in [1.807, 2.05) is 6.92 Å². The third-order valence-corrected chi connectivity index (χ3v) is 3.49. The summed E-state index contributed by atoms with van der Waals surface area (Å²) in [7, 11) is 0. The number of rotatable bonds is 8. The van der Waals surface area contributed by atoms with Crippen molar-refractivity contribution in [2.75, 3.05) is 18.4 Å². The van der Waals surface area contributed by atoms with E-state index < -0.39 is 6.61 Å². The number of halogens is 3. The quantitative estimate of drug-likeness (QED) is 0.784. The monoisotopic (exact) mass is 352 g/mol. The SMILES string of the molecule is CCN(CC(=O)Nc1ccccc1OC(F)F)Cc1cccc(F)c1. The summed E-state index contributed by atoms with van der Waals surface area (Å²) < 4.78 is 42.4. The number of anilines is 1. The average molecular weight is 352 g/mol. The van der Waals surface area contributed by atoms with Crippen molar-refractivity contribution in [3.05, 3.63) is 59.9 Å². The van der Waals surface area contributed by atoms with Crippen molar-refractivity contribution in [1.82, 2.24) is 4.90 Å². The van der Waals surface area contributed by atoms with Gasteiger partial charge in [-0.1, -0.05) is 31.2 Å². The number of likely N-dealkylation sites (N-methyl/N-ethyl adjacent to an activating group) is 1. The normalized spacial score (nSPS) is 11.0. The lowest BCUT2D eigenvalue weighted by molar-refractivity contribution is -0.117. The Morgan fingerprint density at radius 2 is 1.96 bits per heavy atom. The van der Waals surface area contributed by atoms with Gasteiger partial charge in [0.2, 0.25) is 5.91 Å². The molecule has 0 fully saturated rings. The molecule has 2 rings (SSSR count). The molecular formula is C18H19F3N2O2. The Morgan fingerprint density at radius 1 is 1.20 bits per heavy atom. The summed E-state index contributed by atoms with van der Waals surface area (Å²) in [4.78, 5) is 14.0. The molecule has 0 heterocycles. The van der Waals surface area contributed by atoms with Crippen LogP contribution in [-0.4, -0.2) is 30.5 Å². The molecule has 0 aliphatic heterocycles. The Hall–Kier alpha value is -2.54. The molecule has 0 saturated heterocycles. The van der Waals surface area contributed by atoms with Crippen molar-refractivity contribution >= 4 is 11.6 Å². The number of para-hydroxylation sites is 2. The molecule has 1 N–H and O–H groups in total. The van der Waals surface area contributed by atoms with Gasteiger partial charge in [-0.2, -0.15) is 8.78 Å². The molecule has 1 amide bonds. The lowest BCUT2D eigenvalue weighted by atomic mass is 10.2. The lowest BCUT2D eigenvalue weighted by Gasteiger charge is -2.20. The molecule has 2 aromatic carbocycles. The van der Waals surface area contributed by atoms with E-state index in [0.717, 1.165) is 5.56 Å². The maximum Gasteiger partial charge on any atom is 0.387 e. The van der Waals surface area contributed by atoms with Gasteiger partial charge in [-0.3, -0.25) is 9.69 Å². The highest BCUT2D eigenvalue weighted by molar-refractivity contribution is 5.93. The molecule has 0 aromatic heterocycles. The summed E-state index contributed by atoms with van der Waals surface area (Å²) in [5.74, 6) is -0.807. The van der Waals surface area contributed by atoms with E-state index in [2.05, 4.69) is 10.1 Å². The molecule has 134 valence electrons. The highest BCUT2D eigenvalue weighted by Crippen LogP contribution is 2.25. The molecule has 0 aliphatic rings. The molecular weight excluding hydrogens is 333 g/mol. The van der Waals surface area contributed by atoms with Crippen molar-refractivity contribution in [3.63, 3.8) is 0 Å². The number of alkyl halides is 2. The van der Waals surface area contributed by atoms with Crippen LogP contribution in [0.15, 0.2) is 48.5 Å². The number of carbonyl (C=O) groups excluding carboxylic acids is 1. The van der Waals surface area contributed by atoms with E-state index in [4.69, 9.17) is 0 Å². The molecule has 0 aliphatic carbocycles. The zero-order valence-corrected chi connectivity index (χ0v) is 13.7. The van der Waals surface area contributed by atoms with Gasteiger partial charge in [0.25, 0.3) is 0 Å². The molecule has 7 heteroatoms. The highest BCUT2D eigenvalue weighted by Gasteiger charge is 2.14. The first kappa shape index (κ1) is 18.8. The van der Waals surface area contributed by atoms with E-state index in [1.165, 1.54) is 30.3 Å². The Labute approximate surface area is 144 Å². The van der Waals surface area contributed by atoms with Gasteiger partial charge in [-0.25, -0.2) is 4.39 Å². The van der Waals surface area contributed by atoms with Crippen LogP contribution in [0.4, 0.5) is 18.9 Å². The van der Waals surface area contributed by atoms with E-state index in [-0.39, 0.29) is 29.7 Å². The van der Waals surface area contributed by atoms with Crippen LogP contribution < -0.4 is 10.1 Å². The standard InChI is InChI=1S/C18H19F3N2O2/c1-2-23(11-13-6-5-7-14(19)10-13)12-17(24)22-15-8-3-4-9-16(15)25-18(20)21/h3-10,18H,2,11-12H2,1H3,(H,22,24). The summed E-state index contributed by atoms with van der Waals surface area (Å²) in [6, 6.07) is 12.1. The van der Waals surface area contributed by atoms with E-state index in [1.54, 1.807) is 23.1 Å². The second-order valence-electron chi connectivity index (χ2n) is 5.36. The molecule has 0 radical (unpaired) electrons. The van der Waals surface area contributed by atoms with Crippen LogP contribution in [-0.2, 0) is 11.3 Å². The molecule has 0 unspecified atom stereocenters. The second kappa shape index (κ2) is 9.08. The predicted molar refractivity (Wildman–Crippen MR) is 89.1 cm³/mol. The molecule has 4 nitrogen and oxygen atoms in total. The highest BCUT2D eigenvalue weighted by atomic mass is 19.3. The van der Waals surface area contributed by atoms with Crippen molar-refractivity contribution in [2.24, 2.45) is 0 Å². The number of hydrogen-bond donors (Lipinski definition) is 1. The summed E-state index contributed by atoms with van der Waals surface area (Å²) in [6.45, 7) is -0.0925. The van der Waals surface area contributed by atoms with Gasteiger partial charge >= 0.3 is 6.61 Å². The van der Waals surface area contributed by atoms with Crippen LogP contribution in [0, 0.1) is 5.82 Å². The van der Waals surface area contributed by atoms with E-state index in [0.29, 0.717) is 13.1 Å². The topological polar surface area (TPSA) is 41.6 Å². The number of hydrogen-bond acceptors (Lipinski definition) is 3. The van der Waals surface area contributed by atoms with Crippen molar-refractivity contribution < 1.29 is 22.7 Å². The van der Waals surface area contributed by atoms with Crippen LogP contribution in [0.2, 0.25) is 0 Å². The zero-order valence-electron chi connectivity index (χ0n) is 13.7. The zero-order chi connectivity index (χ0) is 18.2. The molecule has 2 aromatic rings. The smallest absolute Gasteiger partial charge is 0.387 e. The first-order chi connectivity index (χ1) is 12.0. The number of carbonyl (C=O) groups is 1. The Kier molecular flexibility index (Phi) is 6.82. The van der Waals surface area contributed by atoms with Gasteiger partial charge in [0.15, 0.2) is 0 Å². The lowest BCUT2D eigenvalue weighted by Crippen LogP contribution is -2.32. The van der Waals surface area contributed by atoms with E-state index >= 15 is 0 Å². The fourth-order valence-corrected chi connectivity index (χ4v) is 2.33. The number of nitrogens with zero attached hydrogens (tertiary/aromatic N) is 1. The Bertz CT molecular complexity index is 710.